The fourth-order valence-electron chi connectivity index (χ4n) is 3.51. The van der Waals surface area contributed by atoms with Crippen molar-refractivity contribution in [3.63, 3.8) is 0 Å². The summed E-state index contributed by atoms with van der Waals surface area (Å²) in [7, 11) is 0. The fraction of sp³-hybridized carbons (Fsp3) is 0.316. The average Bonchev–Trinajstić information content (AvgIpc) is 2.95. The maximum absolute atomic E-state index is 4.53. The Bertz CT molecular complexity index is 776. The third-order valence-electron chi connectivity index (χ3n) is 4.58. The fourth-order valence-corrected chi connectivity index (χ4v) is 3.51. The van der Waals surface area contributed by atoms with Crippen LogP contribution in [0.3, 0.4) is 0 Å². The highest BCUT2D eigenvalue weighted by Gasteiger charge is 2.21. The van der Waals surface area contributed by atoms with Crippen molar-refractivity contribution < 1.29 is 0 Å². The van der Waals surface area contributed by atoms with Crippen LogP contribution < -0.4 is 4.90 Å². The highest BCUT2D eigenvalue weighted by Crippen LogP contribution is 2.33. The maximum Gasteiger partial charge on any atom is 0.0870 e. The average molecular weight is 291 g/mol. The number of nitrogens with zero attached hydrogens (tertiary/aromatic N) is 3. The van der Waals surface area contributed by atoms with Gasteiger partial charge in [0.1, 0.15) is 0 Å². The number of fused-ring (bicyclic) bond motifs is 1. The van der Waals surface area contributed by atoms with E-state index in [0.29, 0.717) is 0 Å². The molecule has 0 N–H and O–H groups in total. The van der Waals surface area contributed by atoms with Gasteiger partial charge in [0.2, 0.25) is 0 Å². The quantitative estimate of drug-likeness (QED) is 0.704. The molecule has 1 saturated heterocycles. The monoisotopic (exact) mass is 291 g/mol. The third kappa shape index (κ3) is 2.27. The number of hydrogen-bond donors (Lipinski definition) is 0. The van der Waals surface area contributed by atoms with Gasteiger partial charge in [-0.15, -0.1) is 0 Å². The van der Waals surface area contributed by atoms with Gasteiger partial charge >= 0.3 is 0 Å². The number of aromatic nitrogens is 2. The van der Waals surface area contributed by atoms with Crippen molar-refractivity contribution in [3.05, 3.63) is 54.9 Å². The van der Waals surface area contributed by atoms with Gasteiger partial charge in [-0.1, -0.05) is 19.1 Å². The molecule has 0 spiro atoms. The zero-order chi connectivity index (χ0) is 14.9. The topological polar surface area (TPSA) is 20.5 Å². The van der Waals surface area contributed by atoms with Crippen LogP contribution in [0.4, 0.5) is 5.69 Å². The summed E-state index contributed by atoms with van der Waals surface area (Å²) < 4.78 is 2.26. The standard InChI is InChI=1S/C19H21N3/c1-15-7-6-11-21(14-15)19-13-18(16-8-2-4-10-20-16)22-12-5-3-9-17(19)22/h2-5,8-10,12-13,15H,6-7,11,14H2,1H3. The van der Waals surface area contributed by atoms with Gasteiger partial charge in [0.05, 0.1) is 22.6 Å². The van der Waals surface area contributed by atoms with Gasteiger partial charge in [0.25, 0.3) is 0 Å². The van der Waals surface area contributed by atoms with Gasteiger partial charge in [-0.3, -0.25) is 4.98 Å². The van der Waals surface area contributed by atoms with Gasteiger partial charge in [-0.05, 0) is 49.1 Å². The summed E-state index contributed by atoms with van der Waals surface area (Å²) in [6.45, 7) is 4.65. The molecule has 0 aliphatic carbocycles. The summed E-state index contributed by atoms with van der Waals surface area (Å²) in [5, 5.41) is 0. The van der Waals surface area contributed by atoms with Crippen LogP contribution >= 0.6 is 0 Å². The van der Waals surface area contributed by atoms with E-state index in [4.69, 9.17) is 0 Å². The van der Waals surface area contributed by atoms with E-state index in [1.54, 1.807) is 0 Å². The number of rotatable bonds is 2. The van der Waals surface area contributed by atoms with Gasteiger partial charge < -0.3 is 9.30 Å². The molecule has 1 aliphatic heterocycles. The van der Waals surface area contributed by atoms with E-state index in [1.165, 1.54) is 29.7 Å². The van der Waals surface area contributed by atoms with Crippen LogP contribution in [0, 0.1) is 5.92 Å². The minimum Gasteiger partial charge on any atom is -0.370 e. The molecule has 1 fully saturated rings. The minimum absolute atomic E-state index is 0.769. The van der Waals surface area contributed by atoms with Crippen LogP contribution in [0.15, 0.2) is 54.9 Å². The first-order valence-corrected chi connectivity index (χ1v) is 8.09. The molecule has 0 aromatic carbocycles. The molecule has 3 aromatic heterocycles. The molecular weight excluding hydrogens is 270 g/mol. The molecule has 4 heterocycles. The second-order valence-corrected chi connectivity index (χ2v) is 6.28. The van der Waals surface area contributed by atoms with Crippen LogP contribution in [0.25, 0.3) is 16.9 Å². The summed E-state index contributed by atoms with van der Waals surface area (Å²) >= 11 is 0. The Morgan fingerprint density at radius 2 is 2.05 bits per heavy atom. The molecule has 4 rings (SSSR count). The lowest BCUT2D eigenvalue weighted by atomic mass is 10.00. The molecule has 1 unspecified atom stereocenters. The van der Waals surface area contributed by atoms with E-state index in [2.05, 4.69) is 57.7 Å². The Balaban J connectivity index is 1.86. The van der Waals surface area contributed by atoms with Crippen molar-refractivity contribution in [2.45, 2.75) is 19.8 Å². The van der Waals surface area contributed by atoms with E-state index < -0.39 is 0 Å². The molecule has 3 heteroatoms. The molecule has 0 bridgehead atoms. The van der Waals surface area contributed by atoms with Gasteiger partial charge in [-0.2, -0.15) is 0 Å². The van der Waals surface area contributed by atoms with Crippen LogP contribution in [0.5, 0.6) is 0 Å². The molecule has 1 atom stereocenters. The first-order valence-electron chi connectivity index (χ1n) is 8.09. The Morgan fingerprint density at radius 1 is 1.14 bits per heavy atom. The lowest BCUT2D eigenvalue weighted by Gasteiger charge is -2.32. The Morgan fingerprint density at radius 3 is 2.86 bits per heavy atom. The second kappa shape index (κ2) is 5.48. The number of anilines is 1. The molecule has 3 nitrogen and oxygen atoms in total. The first-order chi connectivity index (χ1) is 10.8. The highest BCUT2D eigenvalue weighted by molar-refractivity contribution is 5.81. The van der Waals surface area contributed by atoms with Crippen LogP contribution in [-0.2, 0) is 0 Å². The lowest BCUT2D eigenvalue weighted by molar-refractivity contribution is 0.447. The summed E-state index contributed by atoms with van der Waals surface area (Å²) in [4.78, 5) is 7.07. The Hall–Kier alpha value is -2.29. The van der Waals surface area contributed by atoms with E-state index in [0.717, 1.165) is 24.7 Å². The zero-order valence-corrected chi connectivity index (χ0v) is 12.9. The van der Waals surface area contributed by atoms with E-state index in [1.807, 2.05) is 18.3 Å². The summed E-state index contributed by atoms with van der Waals surface area (Å²) in [5.41, 5.74) is 4.81. The molecule has 112 valence electrons. The molecule has 0 amide bonds. The van der Waals surface area contributed by atoms with E-state index >= 15 is 0 Å². The van der Waals surface area contributed by atoms with E-state index in [-0.39, 0.29) is 0 Å². The number of hydrogen-bond acceptors (Lipinski definition) is 2. The van der Waals surface area contributed by atoms with Crippen molar-refractivity contribution in [2.24, 2.45) is 5.92 Å². The van der Waals surface area contributed by atoms with Crippen molar-refractivity contribution in [1.82, 2.24) is 9.38 Å². The number of pyridine rings is 2. The third-order valence-corrected chi connectivity index (χ3v) is 4.58. The predicted octanol–water partition coefficient (Wildman–Crippen LogP) is 4.24. The second-order valence-electron chi connectivity index (χ2n) is 6.28. The molecule has 22 heavy (non-hydrogen) atoms. The van der Waals surface area contributed by atoms with Crippen molar-refractivity contribution >= 4 is 11.2 Å². The molecule has 3 aromatic rings. The van der Waals surface area contributed by atoms with Crippen molar-refractivity contribution in [1.29, 1.82) is 0 Å². The van der Waals surface area contributed by atoms with Crippen LogP contribution in [0.2, 0.25) is 0 Å². The molecule has 0 saturated carbocycles. The van der Waals surface area contributed by atoms with Crippen molar-refractivity contribution in [2.75, 3.05) is 18.0 Å². The smallest absolute Gasteiger partial charge is 0.0870 e. The van der Waals surface area contributed by atoms with Gasteiger partial charge in [0, 0.05) is 25.5 Å². The van der Waals surface area contributed by atoms with Gasteiger partial charge in [-0.25, -0.2) is 0 Å². The minimum atomic E-state index is 0.769. The maximum atomic E-state index is 4.53. The predicted molar refractivity (Wildman–Crippen MR) is 91.2 cm³/mol. The Labute approximate surface area is 131 Å². The summed E-state index contributed by atoms with van der Waals surface area (Å²) in [5.74, 6) is 0.769. The molecular formula is C19H21N3. The highest BCUT2D eigenvalue weighted by atomic mass is 15.2. The number of piperidine rings is 1. The van der Waals surface area contributed by atoms with Crippen molar-refractivity contribution in [3.8, 4) is 11.4 Å². The first kappa shape index (κ1) is 13.4. The molecule has 0 radical (unpaired) electrons. The zero-order valence-electron chi connectivity index (χ0n) is 12.9. The Kier molecular flexibility index (Phi) is 3.34. The van der Waals surface area contributed by atoms with Gasteiger partial charge in [0.15, 0.2) is 0 Å². The summed E-state index contributed by atoms with van der Waals surface area (Å²) in [6, 6.07) is 14.8. The van der Waals surface area contributed by atoms with Crippen LogP contribution in [0.1, 0.15) is 19.8 Å². The van der Waals surface area contributed by atoms with Crippen LogP contribution in [-0.4, -0.2) is 22.5 Å². The normalized spacial score (nSPS) is 18.8. The SMILES string of the molecule is CC1CCCN(c2cc(-c3ccccn3)n3ccccc23)C1. The summed E-state index contributed by atoms with van der Waals surface area (Å²) in [6.07, 6.45) is 6.62. The van der Waals surface area contributed by atoms with E-state index in [9.17, 15) is 0 Å². The molecule has 1 aliphatic rings. The largest absolute Gasteiger partial charge is 0.370 e. The lowest BCUT2D eigenvalue weighted by Crippen LogP contribution is -2.34.